The first-order chi connectivity index (χ1) is 5.79. The maximum Gasteiger partial charge on any atom is 0.106 e. The van der Waals surface area contributed by atoms with Gasteiger partial charge in [-0.15, -0.1) is 0 Å². The summed E-state index contributed by atoms with van der Waals surface area (Å²) in [5, 5.41) is 1.14. The van der Waals surface area contributed by atoms with Crippen LogP contribution in [0.5, 0.6) is 0 Å². The van der Waals surface area contributed by atoms with Crippen LogP contribution in [0, 0.1) is 0 Å². The number of pyridine rings is 1. The lowest BCUT2D eigenvalue weighted by Crippen LogP contribution is -1.94. The third-order valence-electron chi connectivity index (χ3n) is 1.75. The second-order valence-electron chi connectivity index (χ2n) is 2.59. The van der Waals surface area contributed by atoms with Crippen molar-refractivity contribution in [2.24, 2.45) is 5.73 Å². The molecule has 0 unspecified atom stereocenters. The van der Waals surface area contributed by atoms with Gasteiger partial charge in [0.2, 0.25) is 0 Å². The summed E-state index contributed by atoms with van der Waals surface area (Å²) in [6.45, 7) is 0.534. The van der Waals surface area contributed by atoms with E-state index < -0.39 is 0 Å². The second-order valence-corrected chi connectivity index (χ2v) is 3.41. The molecule has 2 aromatic heterocycles. The topological polar surface area (TPSA) is 54.7 Å². The molecule has 0 spiro atoms. The van der Waals surface area contributed by atoms with Gasteiger partial charge in [0.1, 0.15) is 4.60 Å². The first-order valence-corrected chi connectivity index (χ1v) is 4.42. The molecule has 4 heteroatoms. The smallest absolute Gasteiger partial charge is 0.106 e. The minimum atomic E-state index is 0.534. The summed E-state index contributed by atoms with van der Waals surface area (Å²) in [6.07, 6.45) is 1.79. The number of hydrogen-bond acceptors (Lipinski definition) is 2. The van der Waals surface area contributed by atoms with Gasteiger partial charge in [0.25, 0.3) is 0 Å². The van der Waals surface area contributed by atoms with Crippen LogP contribution < -0.4 is 5.73 Å². The normalized spacial score (nSPS) is 10.8. The number of aromatic nitrogens is 2. The minimum absolute atomic E-state index is 0.534. The Bertz CT molecular complexity index is 408. The van der Waals surface area contributed by atoms with Crippen molar-refractivity contribution in [3.05, 3.63) is 28.6 Å². The third-order valence-corrected chi connectivity index (χ3v) is 2.18. The largest absolute Gasteiger partial charge is 0.356 e. The number of aromatic amines is 1. The van der Waals surface area contributed by atoms with Crippen LogP contribution in [0.25, 0.3) is 10.9 Å². The predicted molar refractivity (Wildman–Crippen MR) is 51.7 cm³/mol. The zero-order chi connectivity index (χ0) is 8.55. The SMILES string of the molecule is NCc1cc2cc(Br)ncc2[nH]1. The fourth-order valence-corrected chi connectivity index (χ4v) is 1.52. The molecule has 0 atom stereocenters. The van der Waals surface area contributed by atoms with Crippen molar-refractivity contribution in [3.8, 4) is 0 Å². The Morgan fingerprint density at radius 3 is 3.08 bits per heavy atom. The number of nitrogens with one attached hydrogen (secondary N) is 1. The number of halogens is 1. The summed E-state index contributed by atoms with van der Waals surface area (Å²) in [6, 6.07) is 3.99. The molecule has 2 heterocycles. The van der Waals surface area contributed by atoms with Crippen LogP contribution in [0.2, 0.25) is 0 Å². The fourth-order valence-electron chi connectivity index (χ4n) is 1.17. The molecule has 0 bridgehead atoms. The predicted octanol–water partition coefficient (Wildman–Crippen LogP) is 1.78. The maximum atomic E-state index is 5.49. The van der Waals surface area contributed by atoms with E-state index in [0.717, 1.165) is 21.2 Å². The van der Waals surface area contributed by atoms with Gasteiger partial charge in [-0.2, -0.15) is 0 Å². The number of nitrogens with zero attached hydrogens (tertiary/aromatic N) is 1. The summed E-state index contributed by atoms with van der Waals surface area (Å²) < 4.78 is 0.845. The van der Waals surface area contributed by atoms with Crippen LogP contribution in [-0.2, 0) is 6.54 Å². The molecule has 0 aliphatic heterocycles. The molecule has 3 nitrogen and oxygen atoms in total. The standard InChI is InChI=1S/C8H8BrN3/c9-8-2-5-1-6(3-10)12-7(5)4-11-8/h1-2,4,12H,3,10H2. The highest BCUT2D eigenvalue weighted by Crippen LogP contribution is 2.17. The molecule has 0 saturated carbocycles. The zero-order valence-electron chi connectivity index (χ0n) is 6.34. The summed E-state index contributed by atoms with van der Waals surface area (Å²) in [5.74, 6) is 0. The fraction of sp³-hybridized carbons (Fsp3) is 0.125. The molecule has 12 heavy (non-hydrogen) atoms. The van der Waals surface area contributed by atoms with Crippen LogP contribution in [-0.4, -0.2) is 9.97 Å². The number of rotatable bonds is 1. The molecule has 62 valence electrons. The zero-order valence-corrected chi connectivity index (χ0v) is 7.93. The van der Waals surface area contributed by atoms with Crippen molar-refractivity contribution in [3.63, 3.8) is 0 Å². The van der Waals surface area contributed by atoms with Gasteiger partial charge >= 0.3 is 0 Å². The van der Waals surface area contributed by atoms with E-state index >= 15 is 0 Å². The summed E-state index contributed by atoms with van der Waals surface area (Å²) in [7, 11) is 0. The van der Waals surface area contributed by atoms with Crippen molar-refractivity contribution >= 4 is 26.8 Å². The van der Waals surface area contributed by atoms with Gasteiger partial charge in [0.15, 0.2) is 0 Å². The Hall–Kier alpha value is -0.870. The van der Waals surface area contributed by atoms with E-state index in [1.165, 1.54) is 0 Å². The Kier molecular flexibility index (Phi) is 1.86. The Morgan fingerprint density at radius 2 is 2.33 bits per heavy atom. The molecule has 3 N–H and O–H groups in total. The van der Waals surface area contributed by atoms with Crippen LogP contribution in [0.1, 0.15) is 5.69 Å². The lowest BCUT2D eigenvalue weighted by Gasteiger charge is -1.88. The number of H-pyrrole nitrogens is 1. The lowest BCUT2D eigenvalue weighted by atomic mass is 10.3. The van der Waals surface area contributed by atoms with Crippen molar-refractivity contribution in [1.29, 1.82) is 0 Å². The van der Waals surface area contributed by atoms with Crippen molar-refractivity contribution in [1.82, 2.24) is 9.97 Å². The molecule has 0 radical (unpaired) electrons. The molecular weight excluding hydrogens is 218 g/mol. The summed E-state index contributed by atoms with van der Waals surface area (Å²) in [4.78, 5) is 7.26. The minimum Gasteiger partial charge on any atom is -0.356 e. The highest BCUT2D eigenvalue weighted by Gasteiger charge is 1.99. The molecule has 0 amide bonds. The van der Waals surface area contributed by atoms with Gasteiger partial charge in [0.05, 0.1) is 11.7 Å². The third kappa shape index (κ3) is 1.23. The van der Waals surface area contributed by atoms with E-state index in [4.69, 9.17) is 5.73 Å². The second kappa shape index (κ2) is 2.88. The number of hydrogen-bond donors (Lipinski definition) is 2. The molecule has 0 saturated heterocycles. The average Bonchev–Trinajstić information content (AvgIpc) is 2.46. The van der Waals surface area contributed by atoms with Crippen molar-refractivity contribution in [2.75, 3.05) is 0 Å². The first kappa shape index (κ1) is 7.76. The Labute approximate surface area is 78.1 Å². The lowest BCUT2D eigenvalue weighted by molar-refractivity contribution is 1.02. The molecule has 2 rings (SSSR count). The van der Waals surface area contributed by atoms with E-state index in [1.54, 1.807) is 6.20 Å². The van der Waals surface area contributed by atoms with Gasteiger partial charge in [-0.05, 0) is 28.1 Å². The van der Waals surface area contributed by atoms with Gasteiger partial charge < -0.3 is 10.7 Å². The Morgan fingerprint density at radius 1 is 1.50 bits per heavy atom. The molecule has 0 aliphatic carbocycles. The van der Waals surface area contributed by atoms with Gasteiger partial charge in [0, 0.05) is 17.6 Å². The van der Waals surface area contributed by atoms with Crippen LogP contribution >= 0.6 is 15.9 Å². The highest BCUT2D eigenvalue weighted by atomic mass is 79.9. The van der Waals surface area contributed by atoms with Crippen LogP contribution in [0.4, 0.5) is 0 Å². The highest BCUT2D eigenvalue weighted by molar-refractivity contribution is 9.10. The monoisotopic (exact) mass is 225 g/mol. The van der Waals surface area contributed by atoms with Crippen molar-refractivity contribution < 1.29 is 0 Å². The van der Waals surface area contributed by atoms with E-state index in [-0.39, 0.29) is 0 Å². The number of fused-ring (bicyclic) bond motifs is 1. The molecule has 0 aliphatic rings. The van der Waals surface area contributed by atoms with Gasteiger partial charge in [-0.3, -0.25) is 0 Å². The van der Waals surface area contributed by atoms with Gasteiger partial charge in [-0.25, -0.2) is 4.98 Å². The first-order valence-electron chi connectivity index (χ1n) is 3.63. The quantitative estimate of drug-likeness (QED) is 0.728. The van der Waals surface area contributed by atoms with Gasteiger partial charge in [-0.1, -0.05) is 0 Å². The van der Waals surface area contributed by atoms with Crippen LogP contribution in [0.3, 0.4) is 0 Å². The van der Waals surface area contributed by atoms with E-state index in [0.29, 0.717) is 6.54 Å². The molecule has 2 aromatic rings. The van der Waals surface area contributed by atoms with E-state index in [9.17, 15) is 0 Å². The molecule has 0 fully saturated rings. The van der Waals surface area contributed by atoms with Crippen LogP contribution in [0.15, 0.2) is 22.9 Å². The maximum absolute atomic E-state index is 5.49. The van der Waals surface area contributed by atoms with Crippen molar-refractivity contribution in [2.45, 2.75) is 6.54 Å². The van der Waals surface area contributed by atoms with E-state index in [1.807, 2.05) is 12.1 Å². The van der Waals surface area contributed by atoms with E-state index in [2.05, 4.69) is 25.9 Å². The molecule has 0 aromatic carbocycles. The molecular formula is C8H8BrN3. The summed E-state index contributed by atoms with van der Waals surface area (Å²) >= 11 is 3.31. The Balaban J connectivity index is 2.67. The summed E-state index contributed by atoms with van der Waals surface area (Å²) in [5.41, 5.74) is 7.55. The number of nitrogens with two attached hydrogens (primary N) is 1. The average molecular weight is 226 g/mol.